The minimum absolute atomic E-state index is 0.142. The molecule has 1 aromatic rings. The van der Waals surface area contributed by atoms with Crippen molar-refractivity contribution in [1.82, 2.24) is 4.98 Å². The van der Waals surface area contributed by atoms with E-state index in [0.717, 1.165) is 0 Å². The number of fused-ring (bicyclic) bond motifs is 1. The molecule has 1 aromatic heterocycles. The second-order valence-electron chi connectivity index (χ2n) is 4.00. The van der Waals surface area contributed by atoms with Crippen LogP contribution in [0.4, 0.5) is 0 Å². The molecule has 80 valence electrons. The number of allylic oxidation sites excluding steroid dienone is 2. The zero-order chi connectivity index (χ0) is 11.3. The Morgan fingerprint density at radius 3 is 2.60 bits per heavy atom. The van der Waals surface area contributed by atoms with Crippen LogP contribution < -0.4 is 10.4 Å². The molecule has 0 spiro atoms. The molecule has 1 heterocycles. The fraction of sp³-hybridized carbons (Fsp3) is 0.357. The van der Waals surface area contributed by atoms with Crippen molar-refractivity contribution < 1.29 is 0 Å². The van der Waals surface area contributed by atoms with Crippen molar-refractivity contribution in [3.05, 3.63) is 41.0 Å². The molecule has 0 atom stereocenters. The second kappa shape index (κ2) is 4.92. The van der Waals surface area contributed by atoms with E-state index in [2.05, 4.69) is 49.2 Å². The summed E-state index contributed by atoms with van der Waals surface area (Å²) in [5, 5.41) is 2.47. The predicted molar refractivity (Wildman–Crippen MR) is 66.7 cm³/mol. The van der Waals surface area contributed by atoms with Gasteiger partial charge in [-0.2, -0.15) is 0 Å². The van der Waals surface area contributed by atoms with E-state index in [-0.39, 0.29) is 5.41 Å². The number of nitrogens with zero attached hydrogens (tertiary/aromatic N) is 1. The van der Waals surface area contributed by atoms with E-state index in [4.69, 9.17) is 0 Å². The van der Waals surface area contributed by atoms with Gasteiger partial charge in [0.25, 0.3) is 0 Å². The highest BCUT2D eigenvalue weighted by Crippen LogP contribution is 2.19. The molecule has 0 bridgehead atoms. The Morgan fingerprint density at radius 2 is 1.87 bits per heavy atom. The van der Waals surface area contributed by atoms with Gasteiger partial charge in [-0.1, -0.05) is 52.0 Å². The summed E-state index contributed by atoms with van der Waals surface area (Å²) in [5.74, 6) is 0. The van der Waals surface area contributed by atoms with Crippen LogP contribution in [-0.4, -0.2) is 4.98 Å². The average molecular weight is 201 g/mol. The molecule has 0 saturated heterocycles. The van der Waals surface area contributed by atoms with Crippen molar-refractivity contribution in [3.63, 3.8) is 0 Å². The molecule has 0 radical (unpaired) electrons. The van der Waals surface area contributed by atoms with Crippen LogP contribution in [0.5, 0.6) is 0 Å². The van der Waals surface area contributed by atoms with Gasteiger partial charge in [-0.05, 0) is 16.5 Å². The Kier molecular flexibility index (Phi) is 3.84. The maximum atomic E-state index is 4.10. The lowest BCUT2D eigenvalue weighted by Gasteiger charge is -2.12. The monoisotopic (exact) mass is 201 g/mol. The highest BCUT2D eigenvalue weighted by Gasteiger charge is 2.09. The summed E-state index contributed by atoms with van der Waals surface area (Å²) < 4.78 is 0. The van der Waals surface area contributed by atoms with Crippen molar-refractivity contribution in [2.45, 2.75) is 27.7 Å². The topological polar surface area (TPSA) is 12.9 Å². The van der Waals surface area contributed by atoms with Crippen LogP contribution in [0.1, 0.15) is 27.7 Å². The predicted octanol–water partition coefficient (Wildman–Crippen LogP) is 2.26. The van der Waals surface area contributed by atoms with Crippen LogP contribution >= 0.6 is 0 Å². The summed E-state index contributed by atoms with van der Waals surface area (Å²) in [6.07, 6.45) is 12.4. The van der Waals surface area contributed by atoms with Gasteiger partial charge < -0.3 is 0 Å². The van der Waals surface area contributed by atoms with Crippen LogP contribution in [0.3, 0.4) is 0 Å². The molecule has 0 N–H and O–H groups in total. The van der Waals surface area contributed by atoms with E-state index in [9.17, 15) is 0 Å². The lowest BCUT2D eigenvalue weighted by atomic mass is 9.92. The maximum absolute atomic E-state index is 4.10. The Morgan fingerprint density at radius 1 is 1.13 bits per heavy atom. The van der Waals surface area contributed by atoms with E-state index in [0.29, 0.717) is 0 Å². The van der Waals surface area contributed by atoms with Crippen LogP contribution in [0, 0.1) is 5.41 Å². The standard InChI is InChI=1S/C12H13N.C2H6/c1-12(2)6-3-4-11-9-13-7-5-10(11)8-12;1-2/h3-9H,1-2H3;1-2H3. The summed E-state index contributed by atoms with van der Waals surface area (Å²) in [7, 11) is 0. The summed E-state index contributed by atoms with van der Waals surface area (Å²) in [5.41, 5.74) is 0.142. The van der Waals surface area contributed by atoms with E-state index in [1.165, 1.54) is 10.4 Å². The second-order valence-corrected chi connectivity index (χ2v) is 4.00. The third-order valence-corrected chi connectivity index (χ3v) is 2.22. The maximum Gasteiger partial charge on any atom is 0.0346 e. The van der Waals surface area contributed by atoms with Gasteiger partial charge in [0.2, 0.25) is 0 Å². The van der Waals surface area contributed by atoms with Crippen molar-refractivity contribution in [2.24, 2.45) is 5.41 Å². The van der Waals surface area contributed by atoms with Gasteiger partial charge >= 0.3 is 0 Å². The molecule has 1 aliphatic carbocycles. The highest BCUT2D eigenvalue weighted by molar-refractivity contribution is 5.47. The zero-order valence-corrected chi connectivity index (χ0v) is 9.99. The zero-order valence-electron chi connectivity index (χ0n) is 9.99. The normalized spacial score (nSPS) is 16.0. The molecule has 2 rings (SSSR count). The van der Waals surface area contributed by atoms with Gasteiger partial charge in [0.1, 0.15) is 0 Å². The Balaban J connectivity index is 0.000000531. The van der Waals surface area contributed by atoms with Crippen LogP contribution in [0.25, 0.3) is 12.2 Å². The molecular formula is C14H19N. The number of pyridine rings is 1. The first kappa shape index (κ1) is 11.7. The van der Waals surface area contributed by atoms with Gasteiger partial charge in [0.05, 0.1) is 0 Å². The third kappa shape index (κ3) is 3.05. The summed E-state index contributed by atoms with van der Waals surface area (Å²) in [6.45, 7) is 8.40. The van der Waals surface area contributed by atoms with E-state index in [1.807, 2.05) is 26.2 Å². The van der Waals surface area contributed by atoms with Crippen molar-refractivity contribution in [3.8, 4) is 0 Å². The van der Waals surface area contributed by atoms with Crippen LogP contribution in [0.15, 0.2) is 30.6 Å². The van der Waals surface area contributed by atoms with Crippen LogP contribution in [-0.2, 0) is 0 Å². The fourth-order valence-electron chi connectivity index (χ4n) is 1.54. The highest BCUT2D eigenvalue weighted by atomic mass is 14.6. The van der Waals surface area contributed by atoms with Gasteiger partial charge in [0.15, 0.2) is 0 Å². The van der Waals surface area contributed by atoms with Gasteiger partial charge in [0, 0.05) is 17.8 Å². The van der Waals surface area contributed by atoms with Crippen molar-refractivity contribution in [1.29, 1.82) is 0 Å². The van der Waals surface area contributed by atoms with E-state index >= 15 is 0 Å². The summed E-state index contributed by atoms with van der Waals surface area (Å²) in [4.78, 5) is 4.10. The first-order chi connectivity index (χ1) is 7.17. The number of aromatic nitrogens is 1. The fourth-order valence-corrected chi connectivity index (χ4v) is 1.54. The first-order valence-corrected chi connectivity index (χ1v) is 5.50. The van der Waals surface area contributed by atoms with Crippen LogP contribution in [0.2, 0.25) is 0 Å². The molecule has 1 heteroatoms. The largest absolute Gasteiger partial charge is 0.264 e. The molecule has 0 unspecified atom stereocenters. The molecule has 0 saturated carbocycles. The number of hydrogen-bond donors (Lipinski definition) is 0. The van der Waals surface area contributed by atoms with E-state index < -0.39 is 0 Å². The van der Waals surface area contributed by atoms with Gasteiger partial charge in [-0.25, -0.2) is 0 Å². The number of hydrogen-bond acceptors (Lipinski definition) is 1. The lowest BCUT2D eigenvalue weighted by molar-refractivity contribution is 0.670. The number of rotatable bonds is 0. The minimum atomic E-state index is 0.142. The summed E-state index contributed by atoms with van der Waals surface area (Å²) in [6, 6.07) is 2.06. The van der Waals surface area contributed by atoms with Gasteiger partial charge in [-0.3, -0.25) is 4.98 Å². The molecule has 0 aromatic carbocycles. The third-order valence-electron chi connectivity index (χ3n) is 2.22. The molecule has 0 amide bonds. The van der Waals surface area contributed by atoms with E-state index in [1.54, 1.807) is 0 Å². The lowest BCUT2D eigenvalue weighted by Crippen LogP contribution is -2.25. The quantitative estimate of drug-likeness (QED) is 0.627. The smallest absolute Gasteiger partial charge is 0.0346 e. The Hall–Kier alpha value is -1.37. The molecule has 1 aliphatic rings. The minimum Gasteiger partial charge on any atom is -0.264 e. The average Bonchev–Trinajstić information content (AvgIpc) is 2.37. The SMILES string of the molecule is CC.CC1(C)C=CC=c2cnccc2=C1. The summed E-state index contributed by atoms with van der Waals surface area (Å²) >= 11 is 0. The molecule has 1 nitrogen and oxygen atoms in total. The molecule has 0 aliphatic heterocycles. The Labute approximate surface area is 91.9 Å². The molecular weight excluding hydrogens is 182 g/mol. The van der Waals surface area contributed by atoms with Crippen molar-refractivity contribution >= 4 is 12.2 Å². The Bertz CT molecular complexity index is 452. The molecule has 0 fully saturated rings. The first-order valence-electron chi connectivity index (χ1n) is 5.50. The molecule has 15 heavy (non-hydrogen) atoms. The van der Waals surface area contributed by atoms with Gasteiger partial charge in [-0.15, -0.1) is 0 Å². The van der Waals surface area contributed by atoms with Crippen molar-refractivity contribution in [2.75, 3.05) is 0 Å².